The lowest BCUT2D eigenvalue weighted by molar-refractivity contribution is 0.0907. The molecule has 0 aliphatic heterocycles. The average molecular weight is 275 g/mol. The molecule has 5 heteroatoms. The van der Waals surface area contributed by atoms with Gasteiger partial charge in [0.2, 0.25) is 0 Å². The van der Waals surface area contributed by atoms with Gasteiger partial charge in [-0.05, 0) is 18.9 Å². The van der Waals surface area contributed by atoms with Crippen LogP contribution in [0, 0.1) is 17.1 Å². The fourth-order valence-corrected chi connectivity index (χ4v) is 2.60. The molecule has 4 nitrogen and oxygen atoms in total. The van der Waals surface area contributed by atoms with Crippen molar-refractivity contribution in [3.05, 3.63) is 29.8 Å². The SMILES string of the molecule is N#CC1(NC(=O)c2cncc(F)c2)CCCCCCC1. The van der Waals surface area contributed by atoms with Crippen LogP contribution in [0.1, 0.15) is 55.3 Å². The van der Waals surface area contributed by atoms with Crippen LogP contribution in [0.5, 0.6) is 0 Å². The van der Waals surface area contributed by atoms with E-state index in [4.69, 9.17) is 0 Å². The summed E-state index contributed by atoms with van der Waals surface area (Å²) in [5.74, 6) is -0.986. The third kappa shape index (κ3) is 3.53. The average Bonchev–Trinajstić information content (AvgIpc) is 2.42. The van der Waals surface area contributed by atoms with Crippen molar-refractivity contribution in [2.24, 2.45) is 0 Å². The quantitative estimate of drug-likeness (QED) is 0.902. The Morgan fingerprint density at radius 2 is 1.90 bits per heavy atom. The molecular formula is C15H18FN3O. The molecule has 1 aliphatic rings. The van der Waals surface area contributed by atoms with Gasteiger partial charge in [0.1, 0.15) is 11.4 Å². The Bertz CT molecular complexity index is 516. The Balaban J connectivity index is 2.12. The first-order valence-corrected chi connectivity index (χ1v) is 6.99. The zero-order valence-electron chi connectivity index (χ0n) is 11.4. The molecule has 0 bridgehead atoms. The molecule has 0 aromatic carbocycles. The molecule has 0 spiro atoms. The van der Waals surface area contributed by atoms with Crippen molar-refractivity contribution in [1.82, 2.24) is 10.3 Å². The number of pyridine rings is 1. The summed E-state index contributed by atoms with van der Waals surface area (Å²) in [6, 6.07) is 3.39. The van der Waals surface area contributed by atoms with E-state index >= 15 is 0 Å². The Labute approximate surface area is 118 Å². The molecular weight excluding hydrogens is 257 g/mol. The number of hydrogen-bond acceptors (Lipinski definition) is 3. The summed E-state index contributed by atoms with van der Waals surface area (Å²) in [5, 5.41) is 12.2. The van der Waals surface area contributed by atoms with Crippen molar-refractivity contribution in [2.45, 2.75) is 50.5 Å². The smallest absolute Gasteiger partial charge is 0.254 e. The van der Waals surface area contributed by atoms with E-state index in [0.717, 1.165) is 37.9 Å². The largest absolute Gasteiger partial charge is 0.334 e. The molecule has 0 atom stereocenters. The molecule has 1 aromatic heterocycles. The first kappa shape index (κ1) is 14.4. The number of nitrogens with zero attached hydrogens (tertiary/aromatic N) is 2. The maximum atomic E-state index is 13.1. The van der Waals surface area contributed by atoms with Gasteiger partial charge in [0.05, 0.1) is 17.8 Å². The molecule has 106 valence electrons. The van der Waals surface area contributed by atoms with Crippen molar-refractivity contribution < 1.29 is 9.18 Å². The van der Waals surface area contributed by atoms with E-state index in [1.165, 1.54) is 12.6 Å². The Hall–Kier alpha value is -1.96. The number of carbonyl (C=O) groups excluding carboxylic acids is 1. The lowest BCUT2D eigenvalue weighted by Gasteiger charge is -2.29. The Kier molecular flexibility index (Phi) is 4.67. The number of nitriles is 1. The number of rotatable bonds is 2. The molecule has 1 saturated carbocycles. The van der Waals surface area contributed by atoms with Gasteiger partial charge in [0.25, 0.3) is 5.91 Å². The van der Waals surface area contributed by atoms with E-state index < -0.39 is 17.3 Å². The van der Waals surface area contributed by atoms with Crippen LogP contribution in [0.25, 0.3) is 0 Å². The summed E-state index contributed by atoms with van der Waals surface area (Å²) in [6.45, 7) is 0. The number of hydrogen-bond donors (Lipinski definition) is 1. The van der Waals surface area contributed by atoms with Crippen molar-refractivity contribution >= 4 is 5.91 Å². The molecule has 1 N–H and O–H groups in total. The zero-order chi connectivity index (χ0) is 14.4. The van der Waals surface area contributed by atoms with Crippen molar-refractivity contribution in [1.29, 1.82) is 5.26 Å². The maximum absolute atomic E-state index is 13.1. The van der Waals surface area contributed by atoms with Gasteiger partial charge in [0, 0.05) is 6.20 Å². The monoisotopic (exact) mass is 275 g/mol. The summed E-state index contributed by atoms with van der Waals surface area (Å²) in [5.41, 5.74) is -0.675. The second kappa shape index (κ2) is 6.47. The molecule has 0 unspecified atom stereocenters. The number of nitrogens with one attached hydrogen (secondary N) is 1. The molecule has 0 radical (unpaired) electrons. The van der Waals surface area contributed by atoms with Crippen molar-refractivity contribution in [2.75, 3.05) is 0 Å². The highest BCUT2D eigenvalue weighted by Crippen LogP contribution is 2.26. The lowest BCUT2D eigenvalue weighted by atomic mass is 9.85. The minimum Gasteiger partial charge on any atom is -0.334 e. The van der Waals surface area contributed by atoms with E-state index in [-0.39, 0.29) is 5.56 Å². The van der Waals surface area contributed by atoms with Gasteiger partial charge in [-0.3, -0.25) is 9.78 Å². The minimum atomic E-state index is -0.830. The van der Waals surface area contributed by atoms with E-state index in [0.29, 0.717) is 12.8 Å². The summed E-state index contributed by atoms with van der Waals surface area (Å²) in [4.78, 5) is 15.8. The fourth-order valence-electron chi connectivity index (χ4n) is 2.60. The van der Waals surface area contributed by atoms with E-state index in [2.05, 4.69) is 16.4 Å². The van der Waals surface area contributed by atoms with Crippen LogP contribution >= 0.6 is 0 Å². The molecule has 1 aromatic rings. The second-order valence-electron chi connectivity index (χ2n) is 5.31. The van der Waals surface area contributed by atoms with Crippen LogP contribution in [-0.2, 0) is 0 Å². The van der Waals surface area contributed by atoms with Crippen molar-refractivity contribution in [3.63, 3.8) is 0 Å². The summed E-state index contributed by atoms with van der Waals surface area (Å²) >= 11 is 0. The van der Waals surface area contributed by atoms with Crippen LogP contribution in [0.4, 0.5) is 4.39 Å². The number of amides is 1. The van der Waals surface area contributed by atoms with Gasteiger partial charge in [-0.2, -0.15) is 5.26 Å². The summed E-state index contributed by atoms with van der Waals surface area (Å²) in [6.07, 6.45) is 8.87. The molecule has 0 saturated heterocycles. The normalized spacial score (nSPS) is 18.4. The first-order valence-electron chi connectivity index (χ1n) is 6.99. The van der Waals surface area contributed by atoms with Gasteiger partial charge in [-0.15, -0.1) is 0 Å². The highest BCUT2D eigenvalue weighted by atomic mass is 19.1. The third-order valence-corrected chi connectivity index (χ3v) is 3.74. The molecule has 1 heterocycles. The zero-order valence-corrected chi connectivity index (χ0v) is 11.4. The Morgan fingerprint density at radius 1 is 1.25 bits per heavy atom. The van der Waals surface area contributed by atoms with Gasteiger partial charge in [-0.1, -0.05) is 32.1 Å². The summed E-state index contributed by atoms with van der Waals surface area (Å²) in [7, 11) is 0. The first-order chi connectivity index (χ1) is 9.65. The van der Waals surface area contributed by atoms with Crippen molar-refractivity contribution in [3.8, 4) is 6.07 Å². The number of aromatic nitrogens is 1. The van der Waals surface area contributed by atoms with Crippen LogP contribution in [0.15, 0.2) is 18.5 Å². The molecule has 1 fully saturated rings. The predicted molar refractivity (Wildman–Crippen MR) is 72.3 cm³/mol. The summed E-state index contributed by atoms with van der Waals surface area (Å²) < 4.78 is 13.1. The van der Waals surface area contributed by atoms with Crippen LogP contribution in [0.3, 0.4) is 0 Å². The lowest BCUT2D eigenvalue weighted by Crippen LogP contribution is -2.47. The highest BCUT2D eigenvalue weighted by molar-refractivity contribution is 5.94. The Morgan fingerprint density at radius 3 is 2.50 bits per heavy atom. The highest BCUT2D eigenvalue weighted by Gasteiger charge is 2.32. The number of halogens is 1. The van der Waals surface area contributed by atoms with Gasteiger partial charge in [-0.25, -0.2) is 4.39 Å². The van der Waals surface area contributed by atoms with Gasteiger partial charge >= 0.3 is 0 Å². The van der Waals surface area contributed by atoms with Crippen LogP contribution in [-0.4, -0.2) is 16.4 Å². The van der Waals surface area contributed by atoms with Gasteiger partial charge < -0.3 is 5.32 Å². The second-order valence-corrected chi connectivity index (χ2v) is 5.31. The van der Waals surface area contributed by atoms with Crippen LogP contribution in [0.2, 0.25) is 0 Å². The molecule has 2 rings (SSSR count). The standard InChI is InChI=1S/C15H18FN3O/c16-13-8-12(9-18-10-13)14(20)19-15(11-17)6-4-2-1-3-5-7-15/h8-10H,1-7H2,(H,19,20). The number of carbonyl (C=O) groups is 1. The van der Waals surface area contributed by atoms with E-state index in [9.17, 15) is 14.4 Å². The molecule has 1 aliphatic carbocycles. The van der Waals surface area contributed by atoms with Crippen LogP contribution < -0.4 is 5.32 Å². The molecule has 20 heavy (non-hydrogen) atoms. The third-order valence-electron chi connectivity index (χ3n) is 3.74. The maximum Gasteiger partial charge on any atom is 0.254 e. The van der Waals surface area contributed by atoms with E-state index in [1.807, 2.05) is 0 Å². The molecule has 1 amide bonds. The predicted octanol–water partition coefficient (Wildman–Crippen LogP) is 2.96. The fraction of sp³-hybridized carbons (Fsp3) is 0.533. The van der Waals surface area contributed by atoms with E-state index in [1.54, 1.807) is 0 Å². The topological polar surface area (TPSA) is 65.8 Å². The minimum absolute atomic E-state index is 0.154. The van der Waals surface area contributed by atoms with Gasteiger partial charge in [0.15, 0.2) is 0 Å².